The Morgan fingerprint density at radius 1 is 1.29 bits per heavy atom. The Morgan fingerprint density at radius 2 is 2.06 bits per heavy atom. The van der Waals surface area contributed by atoms with E-state index in [9.17, 15) is 4.79 Å². The molecule has 1 amide bonds. The van der Waals surface area contributed by atoms with E-state index in [2.05, 4.69) is 10.3 Å². The first kappa shape index (κ1) is 13.4. The van der Waals surface area contributed by atoms with Crippen molar-refractivity contribution in [3.63, 3.8) is 0 Å². The summed E-state index contributed by atoms with van der Waals surface area (Å²) in [7, 11) is 0. The molecule has 0 saturated carbocycles. The molecule has 0 saturated heterocycles. The van der Waals surface area contributed by atoms with Crippen LogP contribution in [0.4, 0.5) is 0 Å². The molecule has 1 aromatic heterocycles. The molecule has 17 heavy (non-hydrogen) atoms. The number of halogens is 1. The largest absolute Gasteiger partial charge is 0.343 e. The van der Waals surface area contributed by atoms with Crippen LogP contribution in [0.2, 0.25) is 0 Å². The van der Waals surface area contributed by atoms with Crippen molar-refractivity contribution in [3.8, 4) is 0 Å². The summed E-state index contributed by atoms with van der Waals surface area (Å²) in [6.45, 7) is 0.164. The van der Waals surface area contributed by atoms with Gasteiger partial charge in [-0.15, -0.1) is 12.4 Å². The number of carbonyl (C=O) groups is 1. The number of hydrogen-bond acceptors (Lipinski definition) is 3. The van der Waals surface area contributed by atoms with Crippen LogP contribution in [0.25, 0.3) is 10.9 Å². The Balaban J connectivity index is 0.00000144. The first-order valence-electron chi connectivity index (χ1n) is 5.10. The maximum Gasteiger partial charge on any atom is 0.225 e. The van der Waals surface area contributed by atoms with E-state index in [1.165, 1.54) is 0 Å². The van der Waals surface area contributed by atoms with E-state index in [1.807, 2.05) is 30.3 Å². The lowest BCUT2D eigenvalue weighted by Crippen LogP contribution is -2.30. The third-order valence-corrected chi connectivity index (χ3v) is 2.37. The number of benzene rings is 1. The molecule has 2 rings (SSSR count). The quantitative estimate of drug-likeness (QED) is 0.807. The summed E-state index contributed by atoms with van der Waals surface area (Å²) in [5.74, 6) is -0.0827. The topological polar surface area (TPSA) is 68.0 Å². The lowest BCUT2D eigenvalue weighted by atomic mass is 10.1. The summed E-state index contributed by atoms with van der Waals surface area (Å²) in [6.07, 6.45) is 2.04. The first-order chi connectivity index (χ1) is 7.81. The molecule has 0 spiro atoms. The highest BCUT2D eigenvalue weighted by atomic mass is 35.5. The second-order valence-electron chi connectivity index (χ2n) is 3.47. The molecule has 0 bridgehead atoms. The van der Waals surface area contributed by atoms with E-state index in [0.29, 0.717) is 6.42 Å². The third kappa shape index (κ3) is 3.15. The molecule has 4 nitrogen and oxygen atoms in total. The number of fused-ring (bicyclic) bond motifs is 1. The molecule has 0 radical (unpaired) electrons. The van der Waals surface area contributed by atoms with Crippen LogP contribution in [-0.4, -0.2) is 17.6 Å². The molecule has 0 aliphatic carbocycles. The number of aromatic nitrogens is 1. The summed E-state index contributed by atoms with van der Waals surface area (Å²) in [4.78, 5) is 15.7. The van der Waals surface area contributed by atoms with Gasteiger partial charge in [-0.25, -0.2) is 0 Å². The van der Waals surface area contributed by atoms with Crippen molar-refractivity contribution >= 4 is 29.2 Å². The van der Waals surface area contributed by atoms with Crippen LogP contribution in [0.1, 0.15) is 5.56 Å². The molecular formula is C12H14ClN3O. The van der Waals surface area contributed by atoms with Crippen LogP contribution < -0.4 is 11.1 Å². The van der Waals surface area contributed by atoms with Crippen molar-refractivity contribution in [2.75, 3.05) is 6.67 Å². The SMILES string of the molecule is Cl.NCNC(=O)Cc1cccc2cccnc12. The zero-order chi connectivity index (χ0) is 11.4. The molecule has 0 unspecified atom stereocenters. The number of hydrogen-bond donors (Lipinski definition) is 2. The molecule has 5 heteroatoms. The summed E-state index contributed by atoms with van der Waals surface area (Å²) >= 11 is 0. The Labute approximate surface area is 106 Å². The van der Waals surface area contributed by atoms with Crippen LogP contribution in [0, 0.1) is 0 Å². The van der Waals surface area contributed by atoms with E-state index in [4.69, 9.17) is 5.73 Å². The van der Waals surface area contributed by atoms with Crippen molar-refractivity contribution in [1.82, 2.24) is 10.3 Å². The zero-order valence-corrected chi connectivity index (χ0v) is 10.0. The second-order valence-corrected chi connectivity index (χ2v) is 3.47. The first-order valence-corrected chi connectivity index (χ1v) is 5.10. The number of para-hydroxylation sites is 1. The minimum absolute atomic E-state index is 0. The summed E-state index contributed by atoms with van der Waals surface area (Å²) < 4.78 is 0. The highest BCUT2D eigenvalue weighted by Gasteiger charge is 2.06. The molecule has 90 valence electrons. The van der Waals surface area contributed by atoms with Crippen molar-refractivity contribution in [1.29, 1.82) is 0 Å². The average Bonchev–Trinajstić information content (AvgIpc) is 2.30. The second kappa shape index (κ2) is 6.18. The molecule has 1 heterocycles. The van der Waals surface area contributed by atoms with E-state index in [-0.39, 0.29) is 25.0 Å². The number of nitrogens with one attached hydrogen (secondary N) is 1. The number of carbonyl (C=O) groups excluding carboxylic acids is 1. The fraction of sp³-hybridized carbons (Fsp3) is 0.167. The van der Waals surface area contributed by atoms with Crippen LogP contribution in [-0.2, 0) is 11.2 Å². The molecule has 3 N–H and O–H groups in total. The van der Waals surface area contributed by atoms with Crippen molar-refractivity contribution in [2.45, 2.75) is 6.42 Å². The molecule has 0 aliphatic rings. The maximum atomic E-state index is 11.4. The lowest BCUT2D eigenvalue weighted by Gasteiger charge is -2.05. The fourth-order valence-corrected chi connectivity index (χ4v) is 1.66. The average molecular weight is 252 g/mol. The molecular weight excluding hydrogens is 238 g/mol. The predicted molar refractivity (Wildman–Crippen MR) is 69.9 cm³/mol. The van der Waals surface area contributed by atoms with E-state index < -0.39 is 0 Å². The van der Waals surface area contributed by atoms with Gasteiger partial charge >= 0.3 is 0 Å². The van der Waals surface area contributed by atoms with Gasteiger partial charge in [0.2, 0.25) is 5.91 Å². The predicted octanol–water partition coefficient (Wildman–Crippen LogP) is 1.23. The van der Waals surface area contributed by atoms with Gasteiger partial charge in [-0.05, 0) is 11.6 Å². The standard InChI is InChI=1S/C12H13N3O.ClH/c13-8-15-11(16)7-10-4-1-3-9-5-2-6-14-12(9)10;/h1-6H,7-8,13H2,(H,15,16);1H. The van der Waals surface area contributed by atoms with Crippen molar-refractivity contribution < 1.29 is 4.79 Å². The Hall–Kier alpha value is -1.65. The number of rotatable bonds is 3. The molecule has 0 atom stereocenters. The van der Waals surface area contributed by atoms with Gasteiger partial charge < -0.3 is 11.1 Å². The Morgan fingerprint density at radius 3 is 2.82 bits per heavy atom. The van der Waals surface area contributed by atoms with Gasteiger partial charge in [-0.3, -0.25) is 9.78 Å². The molecule has 0 fully saturated rings. The minimum Gasteiger partial charge on any atom is -0.343 e. The van der Waals surface area contributed by atoms with E-state index in [0.717, 1.165) is 16.5 Å². The van der Waals surface area contributed by atoms with Crippen LogP contribution in [0.15, 0.2) is 36.5 Å². The Kier molecular flexibility index (Phi) is 4.87. The number of nitrogens with two attached hydrogens (primary N) is 1. The van der Waals surface area contributed by atoms with E-state index in [1.54, 1.807) is 6.20 Å². The smallest absolute Gasteiger partial charge is 0.225 e. The summed E-state index contributed by atoms with van der Waals surface area (Å²) in [5, 5.41) is 3.61. The van der Waals surface area contributed by atoms with Crippen LogP contribution in [0.3, 0.4) is 0 Å². The lowest BCUT2D eigenvalue weighted by molar-refractivity contribution is -0.120. The van der Waals surface area contributed by atoms with Crippen molar-refractivity contribution in [2.24, 2.45) is 5.73 Å². The van der Waals surface area contributed by atoms with Gasteiger partial charge in [-0.1, -0.05) is 24.3 Å². The molecule has 1 aromatic carbocycles. The monoisotopic (exact) mass is 251 g/mol. The zero-order valence-electron chi connectivity index (χ0n) is 9.22. The molecule has 2 aromatic rings. The van der Waals surface area contributed by atoms with E-state index >= 15 is 0 Å². The summed E-state index contributed by atoms with van der Waals surface area (Å²) in [5.41, 5.74) is 7.04. The van der Waals surface area contributed by atoms with Gasteiger partial charge in [-0.2, -0.15) is 0 Å². The fourth-order valence-electron chi connectivity index (χ4n) is 1.66. The number of pyridine rings is 1. The Bertz CT molecular complexity index is 511. The van der Waals surface area contributed by atoms with Gasteiger partial charge in [0.05, 0.1) is 18.6 Å². The minimum atomic E-state index is -0.0827. The van der Waals surface area contributed by atoms with Gasteiger partial charge in [0.25, 0.3) is 0 Å². The molecule has 0 aliphatic heterocycles. The van der Waals surface area contributed by atoms with Gasteiger partial charge in [0.15, 0.2) is 0 Å². The summed E-state index contributed by atoms with van der Waals surface area (Å²) in [6, 6.07) is 9.67. The number of nitrogens with zero attached hydrogens (tertiary/aromatic N) is 1. The number of amides is 1. The maximum absolute atomic E-state index is 11.4. The van der Waals surface area contributed by atoms with Crippen molar-refractivity contribution in [3.05, 3.63) is 42.1 Å². The normalized spacial score (nSPS) is 9.71. The van der Waals surface area contributed by atoms with Crippen LogP contribution >= 0.6 is 12.4 Å². The van der Waals surface area contributed by atoms with Gasteiger partial charge in [0, 0.05) is 11.6 Å². The highest BCUT2D eigenvalue weighted by molar-refractivity contribution is 5.87. The van der Waals surface area contributed by atoms with Gasteiger partial charge in [0.1, 0.15) is 0 Å². The third-order valence-electron chi connectivity index (χ3n) is 2.37. The van der Waals surface area contributed by atoms with Crippen LogP contribution in [0.5, 0.6) is 0 Å². The highest BCUT2D eigenvalue weighted by Crippen LogP contribution is 2.16.